The minimum Gasteiger partial charge on any atom is -0.325 e. The summed E-state index contributed by atoms with van der Waals surface area (Å²) in [6.07, 6.45) is 1.49. The number of rotatable bonds is 12. The van der Waals surface area contributed by atoms with Crippen LogP contribution in [-0.4, -0.2) is 33.5 Å². The van der Waals surface area contributed by atoms with Crippen molar-refractivity contribution in [2.45, 2.75) is 21.5 Å². The van der Waals surface area contributed by atoms with E-state index < -0.39 is 0 Å². The van der Waals surface area contributed by atoms with E-state index in [4.69, 9.17) is 0 Å². The molecule has 9 heteroatoms. The molecule has 0 aliphatic rings. The van der Waals surface area contributed by atoms with Crippen LogP contribution in [0.25, 0.3) is 0 Å². The third kappa shape index (κ3) is 8.78. The molecule has 0 unspecified atom stereocenters. The Morgan fingerprint density at radius 3 is 1.39 bits per heavy atom. The summed E-state index contributed by atoms with van der Waals surface area (Å²) in [5.74, 6) is 0.233. The molecule has 5 aromatic rings. The van der Waals surface area contributed by atoms with Gasteiger partial charge in [0.05, 0.1) is 11.5 Å². The van der Waals surface area contributed by atoms with Crippen LogP contribution in [0, 0.1) is 0 Å². The zero-order valence-corrected chi connectivity index (χ0v) is 24.6. The van der Waals surface area contributed by atoms with E-state index in [0.717, 1.165) is 35.3 Å². The topological polar surface area (TPSA) is 84.0 Å². The smallest absolute Gasteiger partial charge is 0.234 e. The number of para-hydroxylation sites is 2. The van der Waals surface area contributed by atoms with E-state index in [1.165, 1.54) is 46.0 Å². The molecule has 0 spiro atoms. The van der Waals surface area contributed by atoms with Crippen molar-refractivity contribution in [3.8, 4) is 0 Å². The number of benzene rings is 4. The van der Waals surface area contributed by atoms with E-state index in [1.54, 1.807) is 0 Å². The molecule has 5 rings (SSSR count). The summed E-state index contributed by atoms with van der Waals surface area (Å²) in [7, 11) is 0. The van der Waals surface area contributed by atoms with Crippen LogP contribution in [0.3, 0.4) is 0 Å². The third-order valence-electron chi connectivity index (χ3n) is 6.10. The average molecular weight is 597 g/mol. The molecule has 0 radical (unpaired) electrons. The first-order valence-electron chi connectivity index (χ1n) is 13.0. The summed E-state index contributed by atoms with van der Waals surface area (Å²) in [5.41, 5.74) is 6.12. The number of anilines is 2. The van der Waals surface area contributed by atoms with Gasteiger partial charge in [0.1, 0.15) is 0 Å². The Morgan fingerprint density at radius 1 is 0.561 bits per heavy atom. The average Bonchev–Trinajstić information content (AvgIpc) is 3.46. The molecule has 0 aliphatic heterocycles. The van der Waals surface area contributed by atoms with Crippen molar-refractivity contribution < 1.29 is 9.59 Å². The van der Waals surface area contributed by atoms with Gasteiger partial charge in [0, 0.05) is 11.4 Å². The van der Waals surface area contributed by atoms with E-state index >= 15 is 0 Å². The van der Waals surface area contributed by atoms with Crippen molar-refractivity contribution >= 4 is 58.0 Å². The lowest BCUT2D eigenvalue weighted by Gasteiger charge is -2.11. The lowest BCUT2D eigenvalue weighted by atomic mass is 10.0. The highest BCUT2D eigenvalue weighted by Gasteiger charge is 2.13. The molecular formula is C32H28N4O2S3. The van der Waals surface area contributed by atoms with Crippen molar-refractivity contribution in [2.24, 2.45) is 0 Å². The number of nitrogens with zero attached hydrogens (tertiary/aromatic N) is 2. The molecule has 41 heavy (non-hydrogen) atoms. The molecular weight excluding hydrogens is 569 g/mol. The summed E-state index contributed by atoms with van der Waals surface area (Å²) >= 11 is 4.06. The molecule has 1 aromatic heterocycles. The highest BCUT2D eigenvalue weighted by molar-refractivity contribution is 8.03. The van der Waals surface area contributed by atoms with Crippen LogP contribution in [0.2, 0.25) is 0 Å². The molecule has 0 bridgehead atoms. The van der Waals surface area contributed by atoms with Gasteiger partial charge in [-0.3, -0.25) is 9.59 Å². The van der Waals surface area contributed by atoms with Gasteiger partial charge in [-0.2, -0.15) is 0 Å². The van der Waals surface area contributed by atoms with Gasteiger partial charge >= 0.3 is 0 Å². The fourth-order valence-corrected chi connectivity index (χ4v) is 6.79. The van der Waals surface area contributed by atoms with Crippen LogP contribution in [0.5, 0.6) is 0 Å². The number of thioether (sulfide) groups is 2. The quantitative estimate of drug-likeness (QED) is 0.149. The molecule has 0 atom stereocenters. The Morgan fingerprint density at radius 2 is 0.951 bits per heavy atom. The Balaban J connectivity index is 1.09. The molecule has 0 saturated heterocycles. The lowest BCUT2D eigenvalue weighted by Crippen LogP contribution is -2.15. The largest absolute Gasteiger partial charge is 0.325 e. The second kappa shape index (κ2) is 14.6. The zero-order chi connectivity index (χ0) is 28.3. The van der Waals surface area contributed by atoms with Gasteiger partial charge in [-0.1, -0.05) is 132 Å². The highest BCUT2D eigenvalue weighted by atomic mass is 32.2. The number of hydrogen-bond donors (Lipinski definition) is 2. The number of hydrogen-bond acceptors (Lipinski definition) is 7. The van der Waals surface area contributed by atoms with Gasteiger partial charge in [0.2, 0.25) is 11.8 Å². The predicted molar refractivity (Wildman–Crippen MR) is 170 cm³/mol. The van der Waals surface area contributed by atoms with E-state index in [-0.39, 0.29) is 23.3 Å². The van der Waals surface area contributed by atoms with Crippen molar-refractivity contribution in [3.05, 3.63) is 131 Å². The van der Waals surface area contributed by atoms with Crippen LogP contribution in [0.1, 0.15) is 22.3 Å². The first-order valence-corrected chi connectivity index (χ1v) is 15.8. The Bertz CT molecular complexity index is 1480. The summed E-state index contributed by atoms with van der Waals surface area (Å²) in [4.78, 5) is 25.4. The molecule has 0 aliphatic carbocycles. The van der Waals surface area contributed by atoms with Crippen molar-refractivity contribution in [1.82, 2.24) is 10.2 Å². The van der Waals surface area contributed by atoms with Crippen LogP contribution in [0.4, 0.5) is 11.4 Å². The fourth-order valence-electron chi connectivity index (χ4n) is 4.17. The second-order valence-electron chi connectivity index (χ2n) is 9.15. The van der Waals surface area contributed by atoms with Crippen LogP contribution < -0.4 is 10.6 Å². The normalized spacial score (nSPS) is 10.7. The lowest BCUT2D eigenvalue weighted by molar-refractivity contribution is -0.114. The van der Waals surface area contributed by atoms with Crippen molar-refractivity contribution in [2.75, 3.05) is 22.1 Å². The highest BCUT2D eigenvalue weighted by Crippen LogP contribution is 2.29. The van der Waals surface area contributed by atoms with Gasteiger partial charge in [0.15, 0.2) is 8.68 Å². The Labute approximate surface area is 252 Å². The SMILES string of the molecule is O=C(CSc1nnc(SCC(=O)Nc2ccccc2Cc2ccccc2)s1)Nc1ccccc1Cc1ccccc1. The van der Waals surface area contributed by atoms with Crippen LogP contribution in [0.15, 0.2) is 118 Å². The third-order valence-corrected chi connectivity index (χ3v) is 9.29. The summed E-state index contributed by atoms with van der Waals surface area (Å²) in [5, 5.41) is 14.4. The van der Waals surface area contributed by atoms with Crippen LogP contribution in [-0.2, 0) is 22.4 Å². The fraction of sp³-hybridized carbons (Fsp3) is 0.125. The number of carbonyl (C=O) groups is 2. The zero-order valence-electron chi connectivity index (χ0n) is 22.2. The minimum atomic E-state index is -0.103. The Hall–Kier alpha value is -3.92. The monoisotopic (exact) mass is 596 g/mol. The molecule has 2 amide bonds. The number of carbonyl (C=O) groups excluding carboxylic acids is 2. The van der Waals surface area contributed by atoms with E-state index in [9.17, 15) is 9.59 Å². The Kier molecular flexibility index (Phi) is 10.2. The minimum absolute atomic E-state index is 0.103. The maximum absolute atomic E-state index is 12.7. The van der Waals surface area contributed by atoms with E-state index in [2.05, 4.69) is 45.1 Å². The first kappa shape index (κ1) is 28.6. The predicted octanol–water partition coefficient (Wildman–Crippen LogP) is 7.18. The molecule has 4 aromatic carbocycles. The second-order valence-corrected chi connectivity index (χ2v) is 12.6. The molecule has 2 N–H and O–H groups in total. The number of aromatic nitrogens is 2. The molecule has 6 nitrogen and oxygen atoms in total. The molecule has 0 saturated carbocycles. The maximum Gasteiger partial charge on any atom is 0.234 e. The number of nitrogens with one attached hydrogen (secondary N) is 2. The standard InChI is InChI=1S/C32H28N4O2S3/c37-29(33-27-17-9-7-15-25(27)19-23-11-3-1-4-12-23)21-39-31-35-36-32(41-31)40-22-30(38)34-28-18-10-8-16-26(28)20-24-13-5-2-6-14-24/h1-18H,19-22H2,(H,33,37)(H,34,38). The molecule has 0 fully saturated rings. The van der Waals surface area contributed by atoms with Gasteiger partial charge in [-0.05, 0) is 47.2 Å². The molecule has 1 heterocycles. The molecule has 206 valence electrons. The van der Waals surface area contributed by atoms with Gasteiger partial charge in [-0.15, -0.1) is 10.2 Å². The maximum atomic E-state index is 12.7. The van der Waals surface area contributed by atoms with Gasteiger partial charge in [0.25, 0.3) is 0 Å². The summed E-state index contributed by atoms with van der Waals surface area (Å²) < 4.78 is 1.38. The van der Waals surface area contributed by atoms with Crippen molar-refractivity contribution in [1.29, 1.82) is 0 Å². The first-order chi connectivity index (χ1) is 20.1. The van der Waals surface area contributed by atoms with Gasteiger partial charge in [-0.25, -0.2) is 0 Å². The van der Waals surface area contributed by atoms with Gasteiger partial charge < -0.3 is 10.6 Å². The summed E-state index contributed by atoms with van der Waals surface area (Å²) in [6.45, 7) is 0. The summed E-state index contributed by atoms with van der Waals surface area (Å²) in [6, 6.07) is 36.1. The van der Waals surface area contributed by atoms with E-state index in [0.29, 0.717) is 8.68 Å². The van der Waals surface area contributed by atoms with Crippen molar-refractivity contribution in [3.63, 3.8) is 0 Å². The van der Waals surface area contributed by atoms with E-state index in [1.807, 2.05) is 84.9 Å². The number of amides is 2. The van der Waals surface area contributed by atoms with Crippen LogP contribution >= 0.6 is 34.9 Å².